The summed E-state index contributed by atoms with van der Waals surface area (Å²) in [5, 5.41) is 9.23. The normalized spacial score (nSPS) is 28.9. The molecule has 0 aliphatic heterocycles. The van der Waals surface area contributed by atoms with Gasteiger partial charge in [-0.2, -0.15) is 0 Å². The highest BCUT2D eigenvalue weighted by Gasteiger charge is 2.39. The zero-order chi connectivity index (χ0) is 14.8. The Hall–Kier alpha value is -0.570. The predicted octanol–water partition coefficient (Wildman–Crippen LogP) is 3.63. The third kappa shape index (κ3) is 4.48. The number of hydrogen-bond donors (Lipinski definition) is 1. The summed E-state index contributed by atoms with van der Waals surface area (Å²) < 4.78 is 0. The number of carboxylic acids is 1. The van der Waals surface area contributed by atoms with E-state index >= 15 is 0 Å². The Morgan fingerprint density at radius 2 is 1.89 bits per heavy atom. The molecule has 1 N–H and O–H groups in total. The lowest BCUT2D eigenvalue weighted by Gasteiger charge is -2.48. The minimum atomic E-state index is -0.712. The molecule has 1 saturated carbocycles. The van der Waals surface area contributed by atoms with Gasteiger partial charge in [0.15, 0.2) is 0 Å². The van der Waals surface area contributed by atoms with Crippen LogP contribution >= 0.6 is 0 Å². The molecule has 1 rings (SSSR count). The predicted molar refractivity (Wildman–Crippen MR) is 79.2 cm³/mol. The fourth-order valence-corrected chi connectivity index (χ4v) is 3.51. The first-order valence-electron chi connectivity index (χ1n) is 7.61. The summed E-state index contributed by atoms with van der Waals surface area (Å²) in [6, 6.07) is 0.403. The molecular weight excluding hydrogens is 238 g/mol. The summed E-state index contributed by atoms with van der Waals surface area (Å²) in [5.74, 6) is 1.24. The van der Waals surface area contributed by atoms with Gasteiger partial charge >= 0.3 is 5.97 Å². The zero-order valence-electron chi connectivity index (χ0n) is 13.4. The fraction of sp³-hybridized carbons (Fsp3) is 0.938. The van der Waals surface area contributed by atoms with Crippen molar-refractivity contribution >= 4 is 5.97 Å². The second-order valence-electron chi connectivity index (χ2n) is 7.59. The molecule has 1 fully saturated rings. The van der Waals surface area contributed by atoms with Crippen LogP contribution in [0, 0.1) is 17.8 Å². The molecule has 3 unspecified atom stereocenters. The average molecular weight is 269 g/mol. The molecule has 3 nitrogen and oxygen atoms in total. The lowest BCUT2D eigenvalue weighted by atomic mass is 9.72. The highest BCUT2D eigenvalue weighted by molar-refractivity contribution is 5.69. The molecule has 1 aliphatic carbocycles. The Morgan fingerprint density at radius 1 is 1.32 bits per heavy atom. The van der Waals surface area contributed by atoms with Crippen LogP contribution in [0.25, 0.3) is 0 Å². The van der Waals surface area contributed by atoms with Crippen LogP contribution < -0.4 is 0 Å². The van der Waals surface area contributed by atoms with E-state index in [4.69, 9.17) is 0 Å². The Bertz CT molecular complexity index is 306. The van der Waals surface area contributed by atoms with Crippen LogP contribution in [0.4, 0.5) is 0 Å². The standard InChI is InChI=1S/C16H31NO2/c1-11(2)13-8-7-12(3)9-14(13)17(10-15(18)19)16(4,5)6/h11-14H,7-10H2,1-6H3,(H,18,19). The molecule has 0 radical (unpaired) electrons. The van der Waals surface area contributed by atoms with Crippen LogP contribution in [0.5, 0.6) is 0 Å². The Kier molecular flexibility index (Phi) is 5.43. The smallest absolute Gasteiger partial charge is 0.317 e. The van der Waals surface area contributed by atoms with Crippen molar-refractivity contribution in [2.75, 3.05) is 6.54 Å². The molecule has 0 saturated heterocycles. The molecule has 0 amide bonds. The average Bonchev–Trinajstić information content (AvgIpc) is 2.23. The first-order chi connectivity index (χ1) is 8.62. The van der Waals surface area contributed by atoms with Crippen LogP contribution in [-0.4, -0.2) is 34.1 Å². The van der Waals surface area contributed by atoms with Gasteiger partial charge < -0.3 is 5.11 Å². The number of nitrogens with zero attached hydrogens (tertiary/aromatic N) is 1. The minimum absolute atomic E-state index is 0.0900. The fourth-order valence-electron chi connectivity index (χ4n) is 3.51. The summed E-state index contributed by atoms with van der Waals surface area (Å²) in [6.45, 7) is 13.4. The lowest BCUT2D eigenvalue weighted by molar-refractivity contribution is -0.142. The van der Waals surface area contributed by atoms with Gasteiger partial charge in [0, 0.05) is 11.6 Å². The third-order valence-electron chi connectivity index (χ3n) is 4.55. The van der Waals surface area contributed by atoms with Gasteiger partial charge in [-0.25, -0.2) is 0 Å². The molecule has 1 aliphatic rings. The van der Waals surface area contributed by atoms with E-state index in [2.05, 4.69) is 46.4 Å². The van der Waals surface area contributed by atoms with Crippen molar-refractivity contribution < 1.29 is 9.90 Å². The number of carboxylic acid groups (broad SMARTS) is 1. The zero-order valence-corrected chi connectivity index (χ0v) is 13.4. The molecule has 0 aromatic heterocycles. The molecule has 0 heterocycles. The number of rotatable bonds is 4. The van der Waals surface area contributed by atoms with Crippen molar-refractivity contribution in [3.63, 3.8) is 0 Å². The summed E-state index contributed by atoms with van der Waals surface area (Å²) >= 11 is 0. The maximum atomic E-state index is 11.2. The molecule has 0 spiro atoms. The summed E-state index contributed by atoms with van der Waals surface area (Å²) in [7, 11) is 0. The largest absolute Gasteiger partial charge is 0.480 e. The van der Waals surface area contributed by atoms with E-state index in [9.17, 15) is 9.90 Å². The first-order valence-corrected chi connectivity index (χ1v) is 7.61. The summed E-state index contributed by atoms with van der Waals surface area (Å²) in [4.78, 5) is 13.4. The molecule has 0 aromatic carbocycles. The van der Waals surface area contributed by atoms with Crippen molar-refractivity contribution in [1.82, 2.24) is 4.90 Å². The SMILES string of the molecule is CC1CCC(C(C)C)C(N(CC(=O)O)C(C)(C)C)C1. The van der Waals surface area contributed by atoms with Gasteiger partial charge in [-0.15, -0.1) is 0 Å². The Balaban J connectivity index is 2.98. The number of carbonyl (C=O) groups is 1. The van der Waals surface area contributed by atoms with Gasteiger partial charge in [0.2, 0.25) is 0 Å². The maximum Gasteiger partial charge on any atom is 0.317 e. The van der Waals surface area contributed by atoms with Crippen molar-refractivity contribution in [2.45, 2.75) is 72.4 Å². The van der Waals surface area contributed by atoms with E-state index in [1.54, 1.807) is 0 Å². The second-order valence-corrected chi connectivity index (χ2v) is 7.59. The van der Waals surface area contributed by atoms with Crippen molar-refractivity contribution in [1.29, 1.82) is 0 Å². The minimum Gasteiger partial charge on any atom is -0.480 e. The molecule has 0 bridgehead atoms. The highest BCUT2D eigenvalue weighted by Crippen LogP contribution is 2.38. The summed E-state index contributed by atoms with van der Waals surface area (Å²) in [5.41, 5.74) is -0.0900. The highest BCUT2D eigenvalue weighted by atomic mass is 16.4. The van der Waals surface area contributed by atoms with Gasteiger partial charge in [-0.05, 0) is 51.4 Å². The third-order valence-corrected chi connectivity index (χ3v) is 4.55. The van der Waals surface area contributed by atoms with E-state index in [-0.39, 0.29) is 12.1 Å². The van der Waals surface area contributed by atoms with Crippen LogP contribution in [0.1, 0.15) is 60.8 Å². The van der Waals surface area contributed by atoms with Crippen molar-refractivity contribution in [2.24, 2.45) is 17.8 Å². The topological polar surface area (TPSA) is 40.5 Å². The van der Waals surface area contributed by atoms with Gasteiger partial charge in [-0.1, -0.05) is 27.2 Å². The Labute approximate surface area is 118 Å². The monoisotopic (exact) mass is 269 g/mol. The second kappa shape index (κ2) is 6.25. The van der Waals surface area contributed by atoms with Crippen LogP contribution in [-0.2, 0) is 4.79 Å². The first kappa shape index (κ1) is 16.5. The van der Waals surface area contributed by atoms with E-state index in [1.807, 2.05) is 0 Å². The van der Waals surface area contributed by atoms with E-state index in [0.717, 1.165) is 6.42 Å². The quantitative estimate of drug-likeness (QED) is 0.847. The van der Waals surface area contributed by atoms with Crippen LogP contribution in [0.3, 0.4) is 0 Å². The van der Waals surface area contributed by atoms with Crippen LogP contribution in [0.15, 0.2) is 0 Å². The molecule has 3 heteroatoms. The molecule has 0 aromatic rings. The van der Waals surface area contributed by atoms with Crippen molar-refractivity contribution in [3.05, 3.63) is 0 Å². The van der Waals surface area contributed by atoms with Gasteiger partial charge in [0.05, 0.1) is 6.54 Å². The van der Waals surface area contributed by atoms with E-state index < -0.39 is 5.97 Å². The van der Waals surface area contributed by atoms with Gasteiger partial charge in [0.25, 0.3) is 0 Å². The Morgan fingerprint density at radius 3 is 2.32 bits per heavy atom. The van der Waals surface area contributed by atoms with Gasteiger partial charge in [-0.3, -0.25) is 9.69 Å². The summed E-state index contributed by atoms with van der Waals surface area (Å²) in [6.07, 6.45) is 3.65. The lowest BCUT2D eigenvalue weighted by Crippen LogP contribution is -2.55. The molecular formula is C16H31NO2. The molecule has 112 valence electrons. The van der Waals surface area contributed by atoms with E-state index in [0.29, 0.717) is 23.8 Å². The molecule has 19 heavy (non-hydrogen) atoms. The van der Waals surface area contributed by atoms with E-state index in [1.165, 1.54) is 12.8 Å². The molecule has 3 atom stereocenters. The van der Waals surface area contributed by atoms with Crippen LogP contribution in [0.2, 0.25) is 0 Å². The van der Waals surface area contributed by atoms with Crippen molar-refractivity contribution in [3.8, 4) is 0 Å². The van der Waals surface area contributed by atoms with Gasteiger partial charge in [0.1, 0.15) is 0 Å². The maximum absolute atomic E-state index is 11.2. The number of hydrogen-bond acceptors (Lipinski definition) is 2. The number of aliphatic carboxylic acids is 1.